The Bertz CT molecular complexity index is 806. The van der Waals surface area contributed by atoms with Gasteiger partial charge in [0.15, 0.2) is 0 Å². The van der Waals surface area contributed by atoms with Crippen molar-refractivity contribution in [3.8, 4) is 16.8 Å². The van der Waals surface area contributed by atoms with Crippen molar-refractivity contribution in [2.24, 2.45) is 0 Å². The van der Waals surface area contributed by atoms with Gasteiger partial charge >= 0.3 is 0 Å². The summed E-state index contributed by atoms with van der Waals surface area (Å²) in [5.74, 6) is 0.00689. The van der Waals surface area contributed by atoms with Crippen LogP contribution in [0.15, 0.2) is 67.0 Å². The van der Waals surface area contributed by atoms with Gasteiger partial charge in [-0.1, -0.05) is 42.5 Å². The van der Waals surface area contributed by atoms with Crippen molar-refractivity contribution in [2.45, 2.75) is 26.3 Å². The average Bonchev–Trinajstić information content (AvgIpc) is 3.05. The second kappa shape index (κ2) is 7.13. The van der Waals surface area contributed by atoms with Crippen molar-refractivity contribution in [1.82, 2.24) is 15.1 Å². The number of benzene rings is 2. The molecule has 3 aromatic rings. The van der Waals surface area contributed by atoms with E-state index in [1.807, 2.05) is 54.3 Å². The number of carbonyl (C=O) groups is 1. The third kappa shape index (κ3) is 3.90. The minimum atomic E-state index is 0.00689. The first-order valence-corrected chi connectivity index (χ1v) is 8.08. The summed E-state index contributed by atoms with van der Waals surface area (Å²) in [5.41, 5.74) is 4.47. The molecule has 1 atom stereocenters. The van der Waals surface area contributed by atoms with Gasteiger partial charge in [-0.15, -0.1) is 0 Å². The lowest BCUT2D eigenvalue weighted by atomic mass is 10.0. The number of para-hydroxylation sites is 1. The molecule has 0 aliphatic rings. The first-order chi connectivity index (χ1) is 11.6. The van der Waals surface area contributed by atoms with E-state index in [-0.39, 0.29) is 11.9 Å². The highest BCUT2D eigenvalue weighted by molar-refractivity contribution is 5.73. The molecule has 2 aromatic carbocycles. The molecule has 0 bridgehead atoms. The molecule has 4 heteroatoms. The Morgan fingerprint density at radius 1 is 1.08 bits per heavy atom. The molecule has 0 radical (unpaired) electrons. The lowest BCUT2D eigenvalue weighted by Crippen LogP contribution is -2.31. The molecular weight excluding hydrogens is 298 g/mol. The van der Waals surface area contributed by atoms with E-state index in [1.54, 1.807) is 6.92 Å². The number of nitrogens with zero attached hydrogens (tertiary/aromatic N) is 2. The standard InChI is InChI=1S/C20H21N3O/c1-15(22-16(2)24)12-17-8-10-18(11-9-17)19-13-21-23(14-19)20-6-4-3-5-7-20/h3-11,13-15H,12H2,1-2H3,(H,22,24). The highest BCUT2D eigenvalue weighted by Gasteiger charge is 2.06. The van der Waals surface area contributed by atoms with Crippen LogP contribution in [0.4, 0.5) is 0 Å². The third-order valence-electron chi connectivity index (χ3n) is 3.88. The number of hydrogen-bond donors (Lipinski definition) is 1. The van der Waals surface area contributed by atoms with Crippen molar-refractivity contribution >= 4 is 5.91 Å². The fourth-order valence-electron chi connectivity index (χ4n) is 2.78. The SMILES string of the molecule is CC(=O)NC(C)Cc1ccc(-c2cnn(-c3ccccc3)c2)cc1. The molecule has 1 N–H and O–H groups in total. The van der Waals surface area contributed by atoms with Crippen LogP contribution in [0.2, 0.25) is 0 Å². The number of hydrogen-bond acceptors (Lipinski definition) is 2. The predicted octanol–water partition coefficient (Wildman–Crippen LogP) is 3.61. The highest BCUT2D eigenvalue weighted by atomic mass is 16.1. The molecule has 1 aromatic heterocycles. The summed E-state index contributed by atoms with van der Waals surface area (Å²) < 4.78 is 1.88. The van der Waals surface area contributed by atoms with Crippen LogP contribution in [0.25, 0.3) is 16.8 Å². The van der Waals surface area contributed by atoms with Gasteiger partial charge < -0.3 is 5.32 Å². The summed E-state index contributed by atoms with van der Waals surface area (Å²) in [7, 11) is 0. The second-order valence-electron chi connectivity index (χ2n) is 6.01. The molecule has 1 amide bonds. The van der Waals surface area contributed by atoms with Crippen molar-refractivity contribution < 1.29 is 4.79 Å². The Morgan fingerprint density at radius 3 is 2.46 bits per heavy atom. The summed E-state index contributed by atoms with van der Waals surface area (Å²) >= 11 is 0. The highest BCUT2D eigenvalue weighted by Crippen LogP contribution is 2.21. The third-order valence-corrected chi connectivity index (χ3v) is 3.88. The van der Waals surface area contributed by atoms with Crippen LogP contribution in [0.3, 0.4) is 0 Å². The molecule has 1 unspecified atom stereocenters. The molecule has 0 saturated carbocycles. The Kier molecular flexibility index (Phi) is 4.75. The Hall–Kier alpha value is -2.88. The summed E-state index contributed by atoms with van der Waals surface area (Å²) in [5, 5.41) is 7.34. The van der Waals surface area contributed by atoms with Crippen molar-refractivity contribution in [2.75, 3.05) is 0 Å². The molecule has 0 aliphatic heterocycles. The van der Waals surface area contributed by atoms with Gasteiger partial charge in [-0.2, -0.15) is 5.10 Å². The van der Waals surface area contributed by atoms with E-state index in [1.165, 1.54) is 5.56 Å². The fourth-order valence-corrected chi connectivity index (χ4v) is 2.78. The molecule has 0 aliphatic carbocycles. The van der Waals surface area contributed by atoms with Gasteiger partial charge in [-0.3, -0.25) is 4.79 Å². The predicted molar refractivity (Wildman–Crippen MR) is 96.0 cm³/mol. The van der Waals surface area contributed by atoms with E-state index in [2.05, 4.69) is 34.7 Å². The molecule has 24 heavy (non-hydrogen) atoms. The van der Waals surface area contributed by atoms with Gasteiger partial charge in [0.1, 0.15) is 0 Å². The first-order valence-electron chi connectivity index (χ1n) is 8.08. The van der Waals surface area contributed by atoms with Crippen molar-refractivity contribution in [1.29, 1.82) is 0 Å². The fraction of sp³-hybridized carbons (Fsp3) is 0.200. The van der Waals surface area contributed by atoms with Crippen LogP contribution in [0, 0.1) is 0 Å². The number of aromatic nitrogens is 2. The maximum atomic E-state index is 11.1. The van der Waals surface area contributed by atoms with E-state index in [9.17, 15) is 4.79 Å². The summed E-state index contributed by atoms with van der Waals surface area (Å²) in [4.78, 5) is 11.1. The number of carbonyl (C=O) groups excluding carboxylic acids is 1. The zero-order valence-electron chi connectivity index (χ0n) is 13.9. The zero-order valence-corrected chi connectivity index (χ0v) is 13.9. The van der Waals surface area contributed by atoms with Gasteiger partial charge in [-0.05, 0) is 36.6 Å². The van der Waals surface area contributed by atoms with E-state index in [0.29, 0.717) is 0 Å². The summed E-state index contributed by atoms with van der Waals surface area (Å²) in [6, 6.07) is 18.6. The topological polar surface area (TPSA) is 46.9 Å². The van der Waals surface area contributed by atoms with Crippen LogP contribution >= 0.6 is 0 Å². The number of amides is 1. The van der Waals surface area contributed by atoms with Gasteiger partial charge in [0.05, 0.1) is 11.9 Å². The lowest BCUT2D eigenvalue weighted by molar-refractivity contribution is -0.119. The normalized spacial score (nSPS) is 11.9. The van der Waals surface area contributed by atoms with Gasteiger partial charge in [0.25, 0.3) is 0 Å². The largest absolute Gasteiger partial charge is 0.354 e. The van der Waals surface area contributed by atoms with E-state index < -0.39 is 0 Å². The monoisotopic (exact) mass is 319 g/mol. The van der Waals surface area contributed by atoms with E-state index in [0.717, 1.165) is 23.2 Å². The maximum Gasteiger partial charge on any atom is 0.217 e. The van der Waals surface area contributed by atoms with E-state index in [4.69, 9.17) is 0 Å². The Morgan fingerprint density at radius 2 is 1.79 bits per heavy atom. The quantitative estimate of drug-likeness (QED) is 0.781. The van der Waals surface area contributed by atoms with Gasteiger partial charge in [0, 0.05) is 24.7 Å². The first kappa shape index (κ1) is 16.0. The molecule has 0 saturated heterocycles. The molecular formula is C20H21N3O. The lowest BCUT2D eigenvalue weighted by Gasteiger charge is -2.12. The van der Waals surface area contributed by atoms with Crippen LogP contribution in [-0.4, -0.2) is 21.7 Å². The molecule has 0 fully saturated rings. The maximum absolute atomic E-state index is 11.1. The van der Waals surface area contributed by atoms with Crippen LogP contribution in [-0.2, 0) is 11.2 Å². The van der Waals surface area contributed by atoms with Crippen LogP contribution in [0.5, 0.6) is 0 Å². The van der Waals surface area contributed by atoms with Crippen molar-refractivity contribution in [3.05, 3.63) is 72.6 Å². The van der Waals surface area contributed by atoms with Gasteiger partial charge in [-0.25, -0.2) is 4.68 Å². The average molecular weight is 319 g/mol. The van der Waals surface area contributed by atoms with Crippen molar-refractivity contribution in [3.63, 3.8) is 0 Å². The van der Waals surface area contributed by atoms with E-state index >= 15 is 0 Å². The summed E-state index contributed by atoms with van der Waals surface area (Å²) in [6.07, 6.45) is 4.73. The molecule has 122 valence electrons. The Labute approximate surface area is 142 Å². The van der Waals surface area contributed by atoms with Gasteiger partial charge in [0.2, 0.25) is 5.91 Å². The summed E-state index contributed by atoms with van der Waals surface area (Å²) in [6.45, 7) is 3.56. The number of rotatable bonds is 5. The van der Waals surface area contributed by atoms with Crippen LogP contribution < -0.4 is 5.32 Å². The molecule has 0 spiro atoms. The molecule has 4 nitrogen and oxygen atoms in total. The smallest absolute Gasteiger partial charge is 0.217 e. The van der Waals surface area contributed by atoms with Crippen LogP contribution in [0.1, 0.15) is 19.4 Å². The molecule has 3 rings (SSSR count). The zero-order chi connectivity index (χ0) is 16.9. The Balaban J connectivity index is 1.72. The minimum absolute atomic E-state index is 0.00689. The number of nitrogens with one attached hydrogen (secondary N) is 1. The minimum Gasteiger partial charge on any atom is -0.354 e. The second-order valence-corrected chi connectivity index (χ2v) is 6.01. The molecule has 1 heterocycles.